The lowest BCUT2D eigenvalue weighted by atomic mass is 9.45. The van der Waals surface area contributed by atoms with Crippen molar-refractivity contribution in [2.24, 2.45) is 52.3 Å². The molecule has 0 heterocycles. The number of allylic oxidation sites excluding steroid dienone is 2. The highest BCUT2D eigenvalue weighted by Gasteiger charge is 2.59. The van der Waals surface area contributed by atoms with Crippen molar-refractivity contribution in [3.05, 3.63) is 12.2 Å². The smallest absolute Gasteiger partial charge is 0.0229 e. The largest absolute Gasteiger partial charge is 0.0882 e. The predicted molar refractivity (Wildman–Crippen MR) is 118 cm³/mol. The fraction of sp³-hybridized carbons (Fsp3) is 0.926. The molecule has 0 radical (unpaired) electrons. The van der Waals surface area contributed by atoms with Crippen LogP contribution in [0.2, 0.25) is 0 Å². The van der Waals surface area contributed by atoms with Crippen molar-refractivity contribution in [3.63, 3.8) is 0 Å². The second-order valence-corrected chi connectivity index (χ2v) is 12.1. The van der Waals surface area contributed by atoms with E-state index in [1.165, 1.54) is 57.8 Å². The highest BCUT2D eigenvalue weighted by molar-refractivity contribution is 5.12. The van der Waals surface area contributed by atoms with Gasteiger partial charge in [0, 0.05) is 0 Å². The zero-order valence-electron chi connectivity index (χ0n) is 19.0. The number of rotatable bonds is 5. The summed E-state index contributed by atoms with van der Waals surface area (Å²) >= 11 is 0. The second-order valence-electron chi connectivity index (χ2n) is 12.1. The number of fused-ring (bicyclic) bond motifs is 5. The number of hydrogen-bond acceptors (Lipinski definition) is 0. The molecule has 0 aromatic rings. The number of hydrogen-bond donors (Lipinski definition) is 0. The van der Waals surface area contributed by atoms with E-state index in [9.17, 15) is 0 Å². The molecule has 8 atom stereocenters. The maximum atomic E-state index is 2.74. The second kappa shape index (κ2) is 7.53. The molecular formula is C27H46. The molecule has 0 amide bonds. The Morgan fingerprint density at radius 1 is 0.852 bits per heavy atom. The Bertz CT molecular complexity index is 544. The van der Waals surface area contributed by atoms with Crippen LogP contribution >= 0.6 is 0 Å². The van der Waals surface area contributed by atoms with Gasteiger partial charge in [-0.15, -0.1) is 0 Å². The van der Waals surface area contributed by atoms with Gasteiger partial charge in [0.05, 0.1) is 0 Å². The lowest BCUT2D eigenvalue weighted by Gasteiger charge is -2.60. The van der Waals surface area contributed by atoms with Gasteiger partial charge in [0.1, 0.15) is 0 Å². The van der Waals surface area contributed by atoms with Crippen LogP contribution in [0.1, 0.15) is 105 Å². The molecule has 0 heteroatoms. The van der Waals surface area contributed by atoms with Crippen molar-refractivity contribution in [2.45, 2.75) is 105 Å². The lowest BCUT2D eigenvalue weighted by Crippen LogP contribution is -2.52. The summed E-state index contributed by atoms with van der Waals surface area (Å²) in [4.78, 5) is 0. The van der Waals surface area contributed by atoms with Gasteiger partial charge in [-0.3, -0.25) is 0 Å². The van der Waals surface area contributed by atoms with Gasteiger partial charge in [-0.2, -0.15) is 0 Å². The van der Waals surface area contributed by atoms with E-state index in [0.29, 0.717) is 10.8 Å². The molecule has 0 N–H and O–H groups in total. The molecule has 0 saturated heterocycles. The molecule has 0 aromatic heterocycles. The Labute approximate surface area is 170 Å². The first-order valence-electron chi connectivity index (χ1n) is 12.5. The summed E-state index contributed by atoms with van der Waals surface area (Å²) in [6.07, 6.45) is 21.3. The van der Waals surface area contributed by atoms with E-state index in [4.69, 9.17) is 0 Å². The van der Waals surface area contributed by atoms with Gasteiger partial charge in [-0.25, -0.2) is 0 Å². The molecule has 3 saturated carbocycles. The van der Waals surface area contributed by atoms with Crippen molar-refractivity contribution >= 4 is 0 Å². The predicted octanol–water partition coefficient (Wildman–Crippen LogP) is 8.27. The first-order chi connectivity index (χ1) is 12.9. The normalized spacial score (nSPS) is 47.4. The quantitative estimate of drug-likeness (QED) is 0.427. The van der Waals surface area contributed by atoms with Crippen LogP contribution in [0.4, 0.5) is 0 Å². The summed E-state index contributed by atoms with van der Waals surface area (Å²) in [6.45, 7) is 12.8. The van der Waals surface area contributed by atoms with E-state index in [-0.39, 0.29) is 0 Å². The third kappa shape index (κ3) is 3.36. The fourth-order valence-electron chi connectivity index (χ4n) is 8.86. The molecule has 0 bridgehead atoms. The van der Waals surface area contributed by atoms with Crippen LogP contribution in [0, 0.1) is 52.3 Å². The maximum absolute atomic E-state index is 2.74. The van der Waals surface area contributed by atoms with Crippen LogP contribution in [0.25, 0.3) is 0 Å². The Hall–Kier alpha value is -0.260. The first kappa shape index (κ1) is 20.0. The van der Waals surface area contributed by atoms with E-state index < -0.39 is 0 Å². The Morgan fingerprint density at radius 3 is 2.41 bits per heavy atom. The van der Waals surface area contributed by atoms with E-state index in [1.807, 2.05) is 0 Å². The van der Waals surface area contributed by atoms with Crippen LogP contribution in [-0.4, -0.2) is 0 Å². The minimum atomic E-state index is 0.625. The molecule has 0 nitrogen and oxygen atoms in total. The minimum Gasteiger partial charge on any atom is -0.0882 e. The molecule has 4 rings (SSSR count). The van der Waals surface area contributed by atoms with Gasteiger partial charge in [-0.1, -0.05) is 66.0 Å². The monoisotopic (exact) mass is 370 g/mol. The van der Waals surface area contributed by atoms with Crippen molar-refractivity contribution in [2.75, 3.05) is 0 Å². The van der Waals surface area contributed by atoms with E-state index in [1.54, 1.807) is 12.8 Å². The average Bonchev–Trinajstić information content (AvgIpc) is 2.98. The Balaban J connectivity index is 1.47. The molecule has 154 valence electrons. The maximum Gasteiger partial charge on any atom is -0.0229 e. The summed E-state index contributed by atoms with van der Waals surface area (Å²) in [5.74, 6) is 6.92. The van der Waals surface area contributed by atoms with Crippen LogP contribution in [0.3, 0.4) is 0 Å². The highest BCUT2D eigenvalue weighted by Crippen LogP contribution is 2.68. The van der Waals surface area contributed by atoms with Crippen molar-refractivity contribution in [3.8, 4) is 0 Å². The summed E-state index contributed by atoms with van der Waals surface area (Å²) in [7, 11) is 0. The van der Waals surface area contributed by atoms with Gasteiger partial charge in [0.15, 0.2) is 0 Å². The Kier molecular flexibility index (Phi) is 5.59. The summed E-state index contributed by atoms with van der Waals surface area (Å²) in [5, 5.41) is 0. The molecule has 4 aliphatic rings. The minimum absolute atomic E-state index is 0.625. The zero-order chi connectivity index (χ0) is 19.2. The highest BCUT2D eigenvalue weighted by atomic mass is 14.6. The van der Waals surface area contributed by atoms with E-state index >= 15 is 0 Å². The Morgan fingerprint density at radius 2 is 1.63 bits per heavy atom. The molecule has 1 unspecified atom stereocenters. The van der Waals surface area contributed by atoms with Gasteiger partial charge in [0.25, 0.3) is 0 Å². The molecule has 4 aliphatic carbocycles. The summed E-state index contributed by atoms with van der Waals surface area (Å²) in [5.41, 5.74) is 1.28. The average molecular weight is 371 g/mol. The summed E-state index contributed by atoms with van der Waals surface area (Å²) in [6, 6.07) is 0. The first-order valence-corrected chi connectivity index (χ1v) is 12.5. The van der Waals surface area contributed by atoms with Gasteiger partial charge in [-0.05, 0) is 104 Å². The lowest BCUT2D eigenvalue weighted by molar-refractivity contribution is -0.101. The van der Waals surface area contributed by atoms with Crippen molar-refractivity contribution < 1.29 is 0 Å². The van der Waals surface area contributed by atoms with Crippen molar-refractivity contribution in [1.29, 1.82) is 0 Å². The van der Waals surface area contributed by atoms with Crippen LogP contribution in [0.5, 0.6) is 0 Å². The van der Waals surface area contributed by atoms with Crippen LogP contribution in [0.15, 0.2) is 12.2 Å². The molecule has 3 fully saturated rings. The van der Waals surface area contributed by atoms with Crippen molar-refractivity contribution in [1.82, 2.24) is 0 Å². The summed E-state index contributed by atoms with van der Waals surface area (Å²) < 4.78 is 0. The van der Waals surface area contributed by atoms with Gasteiger partial charge in [0.2, 0.25) is 0 Å². The molecule has 0 aliphatic heterocycles. The molecule has 0 spiro atoms. The molecular weight excluding hydrogens is 324 g/mol. The van der Waals surface area contributed by atoms with E-state index in [0.717, 1.165) is 41.4 Å². The van der Waals surface area contributed by atoms with Crippen LogP contribution in [-0.2, 0) is 0 Å². The van der Waals surface area contributed by atoms with Gasteiger partial charge >= 0.3 is 0 Å². The fourth-order valence-corrected chi connectivity index (χ4v) is 8.86. The zero-order valence-corrected chi connectivity index (χ0v) is 19.0. The SMILES string of the molecule is CC(C)CCC[C@@H](C)[C@H]1CC[C@H]2[C@@H]3CCC4CC=CC[C@]4(C)[C@H]3CC[C@]12C. The standard InChI is InChI=1S/C27H46/c1-19(2)9-8-10-20(3)23-14-15-24-22-13-12-21-11-6-7-17-26(21,4)25(22)16-18-27(23,24)5/h6-7,19-25H,8-18H2,1-5H3/t20-,21?,22+,23-,24+,25+,26+,27-/m1/s1. The molecule has 0 aromatic carbocycles. The van der Waals surface area contributed by atoms with E-state index in [2.05, 4.69) is 46.8 Å². The topological polar surface area (TPSA) is 0 Å². The third-order valence-corrected chi connectivity index (χ3v) is 10.4. The third-order valence-electron chi connectivity index (χ3n) is 10.4. The molecule has 27 heavy (non-hydrogen) atoms. The van der Waals surface area contributed by atoms with Crippen LogP contribution < -0.4 is 0 Å². The van der Waals surface area contributed by atoms with Gasteiger partial charge < -0.3 is 0 Å².